The number of amides is 1. The zero-order chi connectivity index (χ0) is 10.7. The number of aromatic amines is 1. The molecule has 16 heavy (non-hydrogen) atoms. The molecule has 78 valence electrons. The number of aromatic nitrogens is 1. The Labute approximate surface area is 92.7 Å². The van der Waals surface area contributed by atoms with Gasteiger partial charge in [0.1, 0.15) is 0 Å². The maximum absolute atomic E-state index is 11.9. The molecule has 1 N–H and O–H groups in total. The van der Waals surface area contributed by atoms with Crippen LogP contribution < -0.4 is 4.90 Å². The molecule has 1 amide bonds. The Morgan fingerprint density at radius 2 is 2.00 bits per heavy atom. The zero-order valence-corrected chi connectivity index (χ0v) is 8.55. The molecule has 2 unspecified atom stereocenters. The Hall–Kier alpha value is -2.03. The SMILES string of the molecule is O=C1C2c3ccccc3N1C2c1ccc[nH]1. The van der Waals surface area contributed by atoms with Gasteiger partial charge < -0.3 is 9.88 Å². The van der Waals surface area contributed by atoms with E-state index in [1.165, 1.54) is 5.56 Å². The lowest BCUT2D eigenvalue weighted by molar-refractivity contribution is -0.125. The van der Waals surface area contributed by atoms with E-state index in [2.05, 4.69) is 11.1 Å². The van der Waals surface area contributed by atoms with E-state index in [1.54, 1.807) is 0 Å². The van der Waals surface area contributed by atoms with Crippen LogP contribution in [0, 0.1) is 0 Å². The number of β-lactam (4-membered cyclic amide) rings is 1. The highest BCUT2D eigenvalue weighted by molar-refractivity contribution is 6.13. The minimum absolute atomic E-state index is 0.0369. The van der Waals surface area contributed by atoms with Gasteiger partial charge in [-0.05, 0) is 23.8 Å². The summed E-state index contributed by atoms with van der Waals surface area (Å²) in [6.07, 6.45) is 1.91. The maximum Gasteiger partial charge on any atom is 0.237 e. The molecule has 0 radical (unpaired) electrons. The normalized spacial score (nSPS) is 25.5. The van der Waals surface area contributed by atoms with E-state index in [0.717, 1.165) is 11.4 Å². The third-order valence-electron chi connectivity index (χ3n) is 3.57. The van der Waals surface area contributed by atoms with Gasteiger partial charge in [-0.15, -0.1) is 0 Å². The molecule has 2 aliphatic rings. The molecule has 0 saturated carbocycles. The number of hydrogen-bond acceptors (Lipinski definition) is 1. The van der Waals surface area contributed by atoms with Crippen LogP contribution in [0.4, 0.5) is 5.69 Å². The van der Waals surface area contributed by atoms with E-state index in [1.807, 2.05) is 41.4 Å². The van der Waals surface area contributed by atoms with Gasteiger partial charge >= 0.3 is 0 Å². The van der Waals surface area contributed by atoms with Crippen LogP contribution in [0.3, 0.4) is 0 Å². The van der Waals surface area contributed by atoms with Crippen molar-refractivity contribution in [2.45, 2.75) is 12.0 Å². The fourth-order valence-electron chi connectivity index (χ4n) is 2.88. The number of anilines is 1. The first-order chi connectivity index (χ1) is 7.88. The summed E-state index contributed by atoms with van der Waals surface area (Å²) in [4.78, 5) is 17.0. The van der Waals surface area contributed by atoms with Crippen molar-refractivity contribution in [3.8, 4) is 0 Å². The number of nitrogens with zero attached hydrogens (tertiary/aromatic N) is 1. The Bertz CT molecular complexity index is 540. The molecular weight excluding hydrogens is 200 g/mol. The average Bonchev–Trinajstić information content (AvgIpc) is 2.98. The van der Waals surface area contributed by atoms with Crippen LogP contribution in [0.25, 0.3) is 0 Å². The summed E-state index contributed by atoms with van der Waals surface area (Å²) >= 11 is 0. The topological polar surface area (TPSA) is 36.1 Å². The molecule has 1 aromatic carbocycles. The first-order valence-corrected chi connectivity index (χ1v) is 5.43. The van der Waals surface area contributed by atoms with Crippen LogP contribution in [0.1, 0.15) is 23.2 Å². The molecule has 2 aliphatic heterocycles. The summed E-state index contributed by atoms with van der Waals surface area (Å²) in [5.74, 6) is 0.274. The molecule has 4 rings (SSSR count). The number of carbonyl (C=O) groups is 1. The molecule has 3 nitrogen and oxygen atoms in total. The van der Waals surface area contributed by atoms with Crippen LogP contribution in [0.15, 0.2) is 42.6 Å². The standard InChI is InChI=1S/C13H10N2O/c16-13-11-8-4-1-2-6-10(8)15(13)12(11)9-5-3-7-14-9/h1-7,11-12,14H. The second kappa shape index (κ2) is 2.55. The lowest BCUT2D eigenvalue weighted by atomic mass is 9.87. The smallest absolute Gasteiger partial charge is 0.237 e. The van der Waals surface area contributed by atoms with Gasteiger partial charge in [0, 0.05) is 17.6 Å². The first kappa shape index (κ1) is 8.16. The zero-order valence-electron chi connectivity index (χ0n) is 8.55. The highest BCUT2D eigenvalue weighted by atomic mass is 16.2. The molecular formula is C13H10N2O. The first-order valence-electron chi connectivity index (χ1n) is 5.43. The van der Waals surface area contributed by atoms with Crippen molar-refractivity contribution >= 4 is 11.6 Å². The van der Waals surface area contributed by atoms with E-state index < -0.39 is 0 Å². The van der Waals surface area contributed by atoms with Crippen molar-refractivity contribution in [3.63, 3.8) is 0 Å². The molecule has 0 spiro atoms. The highest BCUT2D eigenvalue weighted by Crippen LogP contribution is 2.57. The molecule has 2 aromatic rings. The van der Waals surface area contributed by atoms with Crippen molar-refractivity contribution < 1.29 is 4.79 Å². The Kier molecular flexibility index (Phi) is 1.30. The number of nitrogens with one attached hydrogen (secondary N) is 1. The molecule has 3 heteroatoms. The van der Waals surface area contributed by atoms with E-state index in [-0.39, 0.29) is 17.9 Å². The average molecular weight is 210 g/mol. The van der Waals surface area contributed by atoms with Gasteiger partial charge in [0.05, 0.1) is 12.0 Å². The van der Waals surface area contributed by atoms with Crippen molar-refractivity contribution in [3.05, 3.63) is 53.9 Å². The molecule has 0 aliphatic carbocycles. The minimum atomic E-state index is 0.0369. The van der Waals surface area contributed by atoms with Crippen LogP contribution in [-0.4, -0.2) is 10.9 Å². The molecule has 1 saturated heterocycles. The quantitative estimate of drug-likeness (QED) is 0.720. The van der Waals surface area contributed by atoms with E-state index >= 15 is 0 Å². The van der Waals surface area contributed by atoms with Gasteiger partial charge in [0.25, 0.3) is 0 Å². The van der Waals surface area contributed by atoms with Gasteiger partial charge in [0.2, 0.25) is 5.91 Å². The lowest BCUT2D eigenvalue weighted by Gasteiger charge is -2.37. The number of rotatable bonds is 1. The Morgan fingerprint density at radius 3 is 2.75 bits per heavy atom. The van der Waals surface area contributed by atoms with Gasteiger partial charge in [-0.2, -0.15) is 0 Å². The lowest BCUT2D eigenvalue weighted by Crippen LogP contribution is -2.47. The Morgan fingerprint density at radius 1 is 1.12 bits per heavy atom. The largest absolute Gasteiger partial charge is 0.363 e. The third kappa shape index (κ3) is 0.745. The number of benzene rings is 1. The summed E-state index contributed by atoms with van der Waals surface area (Å²) in [5, 5.41) is 0. The summed E-state index contributed by atoms with van der Waals surface area (Å²) in [5.41, 5.74) is 3.38. The fraction of sp³-hybridized carbons (Fsp3) is 0.154. The van der Waals surface area contributed by atoms with Crippen molar-refractivity contribution in [2.24, 2.45) is 0 Å². The maximum atomic E-state index is 11.9. The van der Waals surface area contributed by atoms with E-state index in [4.69, 9.17) is 0 Å². The van der Waals surface area contributed by atoms with Crippen molar-refractivity contribution in [1.29, 1.82) is 0 Å². The molecule has 2 atom stereocenters. The third-order valence-corrected chi connectivity index (χ3v) is 3.57. The number of carbonyl (C=O) groups excluding carboxylic acids is 1. The van der Waals surface area contributed by atoms with Gasteiger partial charge in [-0.25, -0.2) is 0 Å². The predicted octanol–water partition coefficient (Wildman–Crippen LogP) is 2.20. The molecule has 3 heterocycles. The number of para-hydroxylation sites is 1. The fourth-order valence-corrected chi connectivity index (χ4v) is 2.88. The Balaban J connectivity index is 1.87. The van der Waals surface area contributed by atoms with Crippen LogP contribution >= 0.6 is 0 Å². The molecule has 1 fully saturated rings. The summed E-state index contributed by atoms with van der Waals surface area (Å²) in [7, 11) is 0. The van der Waals surface area contributed by atoms with Crippen LogP contribution in [-0.2, 0) is 4.79 Å². The van der Waals surface area contributed by atoms with Gasteiger partial charge in [-0.1, -0.05) is 18.2 Å². The van der Waals surface area contributed by atoms with Crippen molar-refractivity contribution in [1.82, 2.24) is 4.98 Å². The second-order valence-corrected chi connectivity index (χ2v) is 4.32. The van der Waals surface area contributed by atoms with Crippen molar-refractivity contribution in [2.75, 3.05) is 4.90 Å². The number of H-pyrrole nitrogens is 1. The highest BCUT2D eigenvalue weighted by Gasteiger charge is 2.57. The van der Waals surface area contributed by atoms with Gasteiger partial charge in [-0.3, -0.25) is 4.79 Å². The van der Waals surface area contributed by atoms with Crippen LogP contribution in [0.5, 0.6) is 0 Å². The molecule has 1 aromatic heterocycles. The summed E-state index contributed by atoms with van der Waals surface area (Å²) in [6.45, 7) is 0. The monoisotopic (exact) mass is 210 g/mol. The second-order valence-electron chi connectivity index (χ2n) is 4.32. The van der Waals surface area contributed by atoms with Crippen LogP contribution in [0.2, 0.25) is 0 Å². The van der Waals surface area contributed by atoms with E-state index in [9.17, 15) is 4.79 Å². The van der Waals surface area contributed by atoms with Gasteiger partial charge in [0.15, 0.2) is 0 Å². The number of fused-ring (bicyclic) bond motifs is 5. The molecule has 2 bridgehead atoms. The predicted molar refractivity (Wildman–Crippen MR) is 60.2 cm³/mol. The summed E-state index contributed by atoms with van der Waals surface area (Å²) < 4.78 is 0. The number of hydrogen-bond donors (Lipinski definition) is 1. The summed E-state index contributed by atoms with van der Waals surface area (Å²) in [6, 6.07) is 12.3. The minimum Gasteiger partial charge on any atom is -0.363 e. The van der Waals surface area contributed by atoms with E-state index in [0.29, 0.717) is 0 Å².